The Balaban J connectivity index is 1.65. The molecule has 147 valence electrons. The van der Waals surface area contributed by atoms with Gasteiger partial charge < -0.3 is 9.47 Å². The molecule has 0 amide bonds. The Bertz CT molecular complexity index is 908. The summed E-state index contributed by atoms with van der Waals surface area (Å²) in [6, 6.07) is 17.3. The van der Waals surface area contributed by atoms with Crippen LogP contribution in [-0.4, -0.2) is 35.0 Å². The summed E-state index contributed by atoms with van der Waals surface area (Å²) in [5.41, 5.74) is 2.23. The molecule has 5 heteroatoms. The van der Waals surface area contributed by atoms with Gasteiger partial charge >= 0.3 is 0 Å². The quantitative estimate of drug-likeness (QED) is 0.621. The smallest absolute Gasteiger partial charge is 0.163 e. The van der Waals surface area contributed by atoms with Gasteiger partial charge in [0.25, 0.3) is 0 Å². The van der Waals surface area contributed by atoms with E-state index in [1.807, 2.05) is 24.3 Å². The van der Waals surface area contributed by atoms with Crippen molar-refractivity contribution in [3.63, 3.8) is 0 Å². The topological polar surface area (TPSA) is 50.4 Å². The molecular formula is C23H28N3O2. The van der Waals surface area contributed by atoms with Crippen LogP contribution in [0.15, 0.2) is 42.5 Å². The first-order valence-electron chi connectivity index (χ1n) is 10.2. The number of likely N-dealkylation sites (tertiary alicyclic amines) is 1. The largest absolute Gasteiger partial charge is 0.493 e. The van der Waals surface area contributed by atoms with E-state index in [2.05, 4.69) is 41.2 Å². The fourth-order valence-corrected chi connectivity index (χ4v) is 4.17. The molecule has 1 radical (unpaired) electrons. The van der Waals surface area contributed by atoms with Crippen LogP contribution in [0.5, 0.6) is 11.5 Å². The van der Waals surface area contributed by atoms with E-state index in [1.165, 1.54) is 18.2 Å². The Labute approximate surface area is 166 Å². The summed E-state index contributed by atoms with van der Waals surface area (Å²) in [4.78, 5) is 2.49. The van der Waals surface area contributed by atoms with Gasteiger partial charge in [0.15, 0.2) is 17.7 Å². The minimum atomic E-state index is -0.0120. The lowest BCUT2D eigenvalue weighted by Crippen LogP contribution is -2.44. The highest BCUT2D eigenvalue weighted by molar-refractivity contribution is 5.81. The lowest BCUT2D eigenvalue weighted by atomic mass is 9.96. The van der Waals surface area contributed by atoms with Gasteiger partial charge in [-0.2, -0.15) is 5.10 Å². The average Bonchev–Trinajstić information content (AvgIpc) is 3.18. The van der Waals surface area contributed by atoms with Crippen LogP contribution < -0.4 is 9.47 Å². The molecule has 1 N–H and O–H groups in total. The van der Waals surface area contributed by atoms with Gasteiger partial charge in [-0.3, -0.25) is 10.00 Å². The van der Waals surface area contributed by atoms with Crippen molar-refractivity contribution in [1.29, 1.82) is 0 Å². The van der Waals surface area contributed by atoms with Crippen LogP contribution in [0.1, 0.15) is 50.8 Å². The Morgan fingerprint density at radius 2 is 2.14 bits per heavy atom. The summed E-state index contributed by atoms with van der Waals surface area (Å²) in [5, 5.41) is 9.11. The summed E-state index contributed by atoms with van der Waals surface area (Å²) in [7, 11) is 1.67. The lowest BCUT2D eigenvalue weighted by molar-refractivity contribution is -0.0313. The van der Waals surface area contributed by atoms with Crippen LogP contribution in [0.2, 0.25) is 0 Å². The molecule has 2 unspecified atom stereocenters. The zero-order valence-electron chi connectivity index (χ0n) is 16.6. The molecule has 0 saturated carbocycles. The summed E-state index contributed by atoms with van der Waals surface area (Å²) in [6.45, 7) is 3.22. The molecule has 1 fully saturated rings. The van der Waals surface area contributed by atoms with Gasteiger partial charge in [0.1, 0.15) is 0 Å². The Kier molecular flexibility index (Phi) is 5.81. The second-order valence-electron chi connectivity index (χ2n) is 7.34. The van der Waals surface area contributed by atoms with Gasteiger partial charge in [-0.15, -0.1) is 0 Å². The number of nitrogens with zero attached hydrogens (tertiary/aromatic N) is 2. The molecule has 5 nitrogen and oxygen atoms in total. The van der Waals surface area contributed by atoms with Crippen LogP contribution >= 0.6 is 0 Å². The van der Waals surface area contributed by atoms with Gasteiger partial charge in [-0.25, -0.2) is 0 Å². The Morgan fingerprint density at radius 1 is 1.25 bits per heavy atom. The molecule has 4 rings (SSSR count). The number of H-pyrrole nitrogens is 1. The number of methoxy groups -OCH3 is 1. The van der Waals surface area contributed by atoms with E-state index in [1.54, 1.807) is 7.11 Å². The van der Waals surface area contributed by atoms with Crippen molar-refractivity contribution >= 4 is 10.9 Å². The molecule has 3 aromatic rings. The number of piperidine rings is 1. The van der Waals surface area contributed by atoms with E-state index in [9.17, 15) is 0 Å². The monoisotopic (exact) mass is 378 g/mol. The molecule has 1 aliphatic heterocycles. The third kappa shape index (κ3) is 3.72. The number of aromatic amines is 1. The zero-order valence-corrected chi connectivity index (χ0v) is 16.6. The highest BCUT2D eigenvalue weighted by Gasteiger charge is 2.33. The predicted molar refractivity (Wildman–Crippen MR) is 111 cm³/mol. The number of para-hydroxylation sites is 1. The first kappa shape index (κ1) is 18.8. The van der Waals surface area contributed by atoms with E-state index in [0.717, 1.165) is 48.5 Å². The molecule has 1 saturated heterocycles. The molecular weight excluding hydrogens is 350 g/mol. The number of hydrogen-bond acceptors (Lipinski definition) is 4. The predicted octanol–water partition coefficient (Wildman–Crippen LogP) is 5.10. The molecule has 2 atom stereocenters. The molecule has 1 aromatic heterocycles. The van der Waals surface area contributed by atoms with Crippen LogP contribution in [-0.2, 0) is 0 Å². The third-order valence-corrected chi connectivity index (χ3v) is 5.54. The van der Waals surface area contributed by atoms with Crippen LogP contribution in [0.25, 0.3) is 10.9 Å². The maximum atomic E-state index is 6.50. The third-order valence-electron chi connectivity index (χ3n) is 5.54. The molecule has 0 bridgehead atoms. The summed E-state index contributed by atoms with van der Waals surface area (Å²) in [6.07, 6.45) is 5.49. The van der Waals surface area contributed by atoms with Gasteiger partial charge in [0.2, 0.25) is 0 Å². The first-order valence-corrected chi connectivity index (χ1v) is 10.2. The summed E-state index contributed by atoms with van der Waals surface area (Å²) >= 11 is 0. The summed E-state index contributed by atoms with van der Waals surface area (Å²) < 4.78 is 12.0. The van der Waals surface area contributed by atoms with Crippen LogP contribution in [0.3, 0.4) is 0 Å². The number of hydrogen-bond donors (Lipinski definition) is 1. The zero-order chi connectivity index (χ0) is 19.3. The van der Waals surface area contributed by atoms with Crippen molar-refractivity contribution < 1.29 is 9.47 Å². The maximum absolute atomic E-state index is 6.50. The highest BCUT2D eigenvalue weighted by atomic mass is 16.5. The van der Waals surface area contributed by atoms with Crippen molar-refractivity contribution in [2.45, 2.75) is 51.3 Å². The second kappa shape index (κ2) is 8.65. The number of ether oxygens (including phenoxy) is 2. The average molecular weight is 378 g/mol. The Hall–Kier alpha value is -2.53. The minimum absolute atomic E-state index is 0.0120. The SMILES string of the molecule is CCCC(Oc1cc[c]cc1OC)N1CCCCC1c1n[nH]c2ccccc12. The number of aromatic nitrogens is 2. The molecule has 28 heavy (non-hydrogen) atoms. The molecule has 2 aromatic carbocycles. The fraction of sp³-hybridized carbons (Fsp3) is 0.435. The van der Waals surface area contributed by atoms with Crippen LogP contribution in [0.4, 0.5) is 0 Å². The van der Waals surface area contributed by atoms with E-state index in [4.69, 9.17) is 14.6 Å². The van der Waals surface area contributed by atoms with Gasteiger partial charge in [0.05, 0.1) is 24.4 Å². The van der Waals surface area contributed by atoms with Gasteiger partial charge in [0, 0.05) is 11.9 Å². The number of nitrogens with one attached hydrogen (secondary N) is 1. The number of fused-ring (bicyclic) bond motifs is 1. The normalized spacial score (nSPS) is 18.9. The van der Waals surface area contributed by atoms with Gasteiger partial charge in [-0.1, -0.05) is 44.0 Å². The molecule has 0 spiro atoms. The minimum Gasteiger partial charge on any atom is -0.493 e. The standard InChI is InChI=1S/C23H28N3O2/c1-3-10-22(28-21-15-7-6-14-20(21)27-2)26-16-9-8-13-19(26)23-17-11-4-5-12-18(17)24-25-23/h4-5,7,11-12,14-15,19,22H,3,8-10,13,16H2,1-2H3,(H,24,25). The second-order valence-corrected chi connectivity index (χ2v) is 7.34. The van der Waals surface area contributed by atoms with Crippen molar-refractivity contribution in [2.75, 3.05) is 13.7 Å². The van der Waals surface area contributed by atoms with Crippen molar-refractivity contribution in [3.05, 3.63) is 54.2 Å². The van der Waals surface area contributed by atoms with E-state index in [-0.39, 0.29) is 12.3 Å². The summed E-state index contributed by atoms with van der Waals surface area (Å²) in [5.74, 6) is 1.50. The van der Waals surface area contributed by atoms with Gasteiger partial charge in [-0.05, 0) is 43.5 Å². The molecule has 1 aliphatic rings. The van der Waals surface area contributed by atoms with Crippen molar-refractivity contribution in [1.82, 2.24) is 15.1 Å². The number of benzene rings is 2. The Morgan fingerprint density at radius 3 is 3.00 bits per heavy atom. The molecule has 0 aliphatic carbocycles. The maximum Gasteiger partial charge on any atom is 0.163 e. The lowest BCUT2D eigenvalue weighted by Gasteiger charge is -2.40. The van der Waals surface area contributed by atoms with E-state index < -0.39 is 0 Å². The van der Waals surface area contributed by atoms with Crippen molar-refractivity contribution in [2.24, 2.45) is 0 Å². The van der Waals surface area contributed by atoms with E-state index >= 15 is 0 Å². The highest BCUT2D eigenvalue weighted by Crippen LogP contribution is 2.37. The van der Waals surface area contributed by atoms with E-state index in [0.29, 0.717) is 0 Å². The fourth-order valence-electron chi connectivity index (χ4n) is 4.17. The molecule has 2 heterocycles. The number of rotatable bonds is 7. The van der Waals surface area contributed by atoms with Crippen LogP contribution in [0, 0.1) is 6.07 Å². The first-order chi connectivity index (χ1) is 13.8. The van der Waals surface area contributed by atoms with Crippen molar-refractivity contribution in [3.8, 4) is 11.5 Å².